The van der Waals surface area contributed by atoms with Crippen LogP contribution in [0.15, 0.2) is 57.9 Å². The van der Waals surface area contributed by atoms with Crippen LogP contribution in [0.2, 0.25) is 0 Å². The van der Waals surface area contributed by atoms with E-state index in [0.29, 0.717) is 5.75 Å². The molecule has 0 saturated heterocycles. The third kappa shape index (κ3) is 3.41. The molecule has 0 heterocycles. The summed E-state index contributed by atoms with van der Waals surface area (Å²) in [6.45, 7) is 0. The molecule has 0 fully saturated rings. The number of hydrogen-bond acceptors (Lipinski definition) is 2. The molecule has 1 atom stereocenters. The molecule has 0 aromatic heterocycles. The second-order valence-corrected chi connectivity index (χ2v) is 6.06. The normalized spacial score (nSPS) is 12.3. The molecule has 0 bridgehead atoms. The summed E-state index contributed by atoms with van der Waals surface area (Å²) in [6, 6.07) is 15.0. The van der Waals surface area contributed by atoms with Crippen molar-refractivity contribution in [2.75, 3.05) is 5.73 Å². The quantitative estimate of drug-likeness (QED) is 0.884. The fourth-order valence-electron chi connectivity index (χ4n) is 1.46. The standard InChI is InChI=1S/C13H12BrNOS/c14-11-2-1-3-13(8-11)17(16)9-10-4-6-12(15)7-5-10/h1-8H,9,15H2. The summed E-state index contributed by atoms with van der Waals surface area (Å²) in [5.74, 6) is 0.511. The van der Waals surface area contributed by atoms with Gasteiger partial charge in [-0.15, -0.1) is 0 Å². The molecule has 88 valence electrons. The Bertz CT molecular complexity index is 539. The molecule has 4 heteroatoms. The van der Waals surface area contributed by atoms with Gasteiger partial charge in [0.05, 0.1) is 16.6 Å². The molecule has 2 nitrogen and oxygen atoms in total. The van der Waals surface area contributed by atoms with E-state index in [0.717, 1.165) is 20.6 Å². The fraction of sp³-hybridized carbons (Fsp3) is 0.0769. The van der Waals surface area contributed by atoms with Crippen molar-refractivity contribution in [2.24, 2.45) is 0 Å². The van der Waals surface area contributed by atoms with Gasteiger partial charge in [0.2, 0.25) is 0 Å². The predicted octanol–water partition coefficient (Wildman–Crippen LogP) is 3.34. The molecule has 0 aliphatic rings. The summed E-state index contributed by atoms with van der Waals surface area (Å²) in [6.07, 6.45) is 0. The first kappa shape index (κ1) is 12.3. The number of halogens is 1. The Hall–Kier alpha value is -1.13. The van der Waals surface area contributed by atoms with E-state index in [4.69, 9.17) is 5.73 Å². The summed E-state index contributed by atoms with van der Waals surface area (Å²) in [4.78, 5) is 0.830. The summed E-state index contributed by atoms with van der Waals surface area (Å²) in [5, 5.41) is 0. The van der Waals surface area contributed by atoms with Crippen LogP contribution in [-0.4, -0.2) is 4.21 Å². The molecule has 2 aromatic rings. The first-order valence-corrected chi connectivity index (χ1v) is 7.25. The summed E-state index contributed by atoms with van der Waals surface area (Å²) in [5.41, 5.74) is 7.36. The van der Waals surface area contributed by atoms with E-state index >= 15 is 0 Å². The molecule has 0 aliphatic heterocycles. The van der Waals surface area contributed by atoms with Crippen molar-refractivity contribution >= 4 is 32.4 Å². The lowest BCUT2D eigenvalue weighted by atomic mass is 10.2. The second-order valence-electron chi connectivity index (χ2n) is 3.69. The zero-order valence-corrected chi connectivity index (χ0v) is 11.5. The zero-order chi connectivity index (χ0) is 12.3. The van der Waals surface area contributed by atoms with Gasteiger partial charge in [0.15, 0.2) is 0 Å². The average molecular weight is 310 g/mol. The van der Waals surface area contributed by atoms with Gasteiger partial charge < -0.3 is 5.73 Å². The minimum Gasteiger partial charge on any atom is -0.399 e. The molecule has 1 unspecified atom stereocenters. The topological polar surface area (TPSA) is 43.1 Å². The number of nitrogen functional groups attached to an aromatic ring is 1. The van der Waals surface area contributed by atoms with Crippen LogP contribution in [0.5, 0.6) is 0 Å². The van der Waals surface area contributed by atoms with Gasteiger partial charge in [0, 0.05) is 15.1 Å². The van der Waals surface area contributed by atoms with Crippen LogP contribution in [0.3, 0.4) is 0 Å². The van der Waals surface area contributed by atoms with Gasteiger partial charge in [0.25, 0.3) is 0 Å². The molecule has 2 rings (SSSR count). The Balaban J connectivity index is 2.14. The molecule has 0 saturated carbocycles. The van der Waals surface area contributed by atoms with Gasteiger partial charge in [-0.2, -0.15) is 0 Å². The highest BCUT2D eigenvalue weighted by Crippen LogP contribution is 2.17. The van der Waals surface area contributed by atoms with Gasteiger partial charge >= 0.3 is 0 Å². The first-order chi connectivity index (χ1) is 8.15. The van der Waals surface area contributed by atoms with Crippen molar-refractivity contribution in [1.29, 1.82) is 0 Å². The lowest BCUT2D eigenvalue weighted by molar-refractivity contribution is 0.682. The Morgan fingerprint density at radius 2 is 1.82 bits per heavy atom. The van der Waals surface area contributed by atoms with Crippen molar-refractivity contribution < 1.29 is 4.21 Å². The highest BCUT2D eigenvalue weighted by atomic mass is 79.9. The van der Waals surface area contributed by atoms with Crippen LogP contribution in [0.1, 0.15) is 5.56 Å². The van der Waals surface area contributed by atoms with E-state index in [-0.39, 0.29) is 0 Å². The van der Waals surface area contributed by atoms with E-state index in [1.807, 2.05) is 48.5 Å². The fourth-order valence-corrected chi connectivity index (χ4v) is 3.16. The van der Waals surface area contributed by atoms with Crippen molar-refractivity contribution in [2.45, 2.75) is 10.6 Å². The largest absolute Gasteiger partial charge is 0.399 e. The molecule has 0 amide bonds. The highest BCUT2D eigenvalue weighted by Gasteiger charge is 2.05. The molecular formula is C13H12BrNOS. The number of anilines is 1. The monoisotopic (exact) mass is 309 g/mol. The van der Waals surface area contributed by atoms with Gasteiger partial charge in [-0.05, 0) is 35.9 Å². The van der Waals surface area contributed by atoms with Crippen molar-refractivity contribution in [3.05, 3.63) is 58.6 Å². The van der Waals surface area contributed by atoms with Gasteiger partial charge in [-0.3, -0.25) is 4.21 Å². The van der Waals surface area contributed by atoms with E-state index in [9.17, 15) is 4.21 Å². The van der Waals surface area contributed by atoms with Crippen LogP contribution in [0.4, 0.5) is 5.69 Å². The van der Waals surface area contributed by atoms with Crippen LogP contribution >= 0.6 is 15.9 Å². The third-order valence-corrected chi connectivity index (χ3v) is 4.20. The minimum atomic E-state index is -1.02. The minimum absolute atomic E-state index is 0.511. The molecule has 2 aromatic carbocycles. The summed E-state index contributed by atoms with van der Waals surface area (Å²) < 4.78 is 13.1. The maximum Gasteiger partial charge on any atom is 0.0574 e. The average Bonchev–Trinajstić information content (AvgIpc) is 2.32. The number of hydrogen-bond donors (Lipinski definition) is 1. The van der Waals surface area contributed by atoms with Crippen molar-refractivity contribution in [3.63, 3.8) is 0 Å². The maximum atomic E-state index is 12.1. The van der Waals surface area contributed by atoms with Crippen LogP contribution in [0.25, 0.3) is 0 Å². The van der Waals surface area contributed by atoms with E-state index in [2.05, 4.69) is 15.9 Å². The third-order valence-electron chi connectivity index (χ3n) is 2.34. The molecule has 0 aliphatic carbocycles. The van der Waals surface area contributed by atoms with E-state index in [1.54, 1.807) is 0 Å². The lowest BCUT2D eigenvalue weighted by Gasteiger charge is -2.03. The zero-order valence-electron chi connectivity index (χ0n) is 9.10. The van der Waals surface area contributed by atoms with Gasteiger partial charge in [-0.1, -0.05) is 34.1 Å². The SMILES string of the molecule is Nc1ccc(CS(=O)c2cccc(Br)c2)cc1. The molecule has 0 spiro atoms. The van der Waals surface area contributed by atoms with Crippen LogP contribution < -0.4 is 5.73 Å². The Morgan fingerprint density at radius 1 is 1.12 bits per heavy atom. The Kier molecular flexibility index (Phi) is 3.97. The lowest BCUT2D eigenvalue weighted by Crippen LogP contribution is -1.96. The maximum absolute atomic E-state index is 12.1. The van der Waals surface area contributed by atoms with Crippen LogP contribution in [0, 0.1) is 0 Å². The van der Waals surface area contributed by atoms with E-state index < -0.39 is 10.8 Å². The Morgan fingerprint density at radius 3 is 2.47 bits per heavy atom. The second kappa shape index (κ2) is 5.47. The van der Waals surface area contributed by atoms with Crippen molar-refractivity contribution in [3.8, 4) is 0 Å². The predicted molar refractivity (Wildman–Crippen MR) is 75.1 cm³/mol. The van der Waals surface area contributed by atoms with E-state index in [1.165, 1.54) is 0 Å². The van der Waals surface area contributed by atoms with Crippen LogP contribution in [-0.2, 0) is 16.6 Å². The number of rotatable bonds is 3. The summed E-state index contributed by atoms with van der Waals surface area (Å²) >= 11 is 3.37. The first-order valence-electron chi connectivity index (χ1n) is 5.13. The molecule has 17 heavy (non-hydrogen) atoms. The number of benzene rings is 2. The molecule has 0 radical (unpaired) electrons. The van der Waals surface area contributed by atoms with Gasteiger partial charge in [0.1, 0.15) is 0 Å². The smallest absolute Gasteiger partial charge is 0.0574 e. The number of nitrogens with two attached hydrogens (primary N) is 1. The molecular weight excluding hydrogens is 298 g/mol. The molecule has 2 N–H and O–H groups in total. The Labute approximate surface area is 111 Å². The highest BCUT2D eigenvalue weighted by molar-refractivity contribution is 9.10. The summed E-state index contributed by atoms with van der Waals surface area (Å²) in [7, 11) is -1.02. The van der Waals surface area contributed by atoms with Crippen molar-refractivity contribution in [1.82, 2.24) is 0 Å². The van der Waals surface area contributed by atoms with Gasteiger partial charge in [-0.25, -0.2) is 0 Å².